The summed E-state index contributed by atoms with van der Waals surface area (Å²) >= 11 is 0. The van der Waals surface area contributed by atoms with Crippen molar-refractivity contribution in [3.05, 3.63) is 17.0 Å². The van der Waals surface area contributed by atoms with Gasteiger partial charge in [-0.15, -0.1) is 0 Å². The third-order valence-electron chi connectivity index (χ3n) is 3.82. The fourth-order valence-corrected chi connectivity index (χ4v) is 2.42. The molecule has 2 rings (SSSR count). The first-order chi connectivity index (χ1) is 10.2. The Bertz CT molecular complexity index is 445. The number of aryl methyl sites for hydroxylation is 2. The van der Waals surface area contributed by atoms with Crippen LogP contribution in [0.3, 0.4) is 0 Å². The summed E-state index contributed by atoms with van der Waals surface area (Å²) in [5.74, 6) is 2.36. The molecule has 0 amide bonds. The van der Waals surface area contributed by atoms with Crippen LogP contribution in [0.4, 0.5) is 0 Å². The third-order valence-corrected chi connectivity index (χ3v) is 3.82. The van der Waals surface area contributed by atoms with E-state index in [1.807, 2.05) is 13.8 Å². The maximum Gasteiger partial charge on any atom is 0.191 e. The molecule has 21 heavy (non-hydrogen) atoms. The molecule has 2 heterocycles. The zero-order chi connectivity index (χ0) is 15.1. The normalized spacial score (nSPS) is 17.0. The van der Waals surface area contributed by atoms with Crippen LogP contribution in [0.5, 0.6) is 0 Å². The quantitative estimate of drug-likeness (QED) is 0.640. The largest absolute Gasteiger partial charge is 0.381 e. The van der Waals surface area contributed by atoms with Crippen LogP contribution in [0.25, 0.3) is 0 Å². The molecule has 0 aromatic carbocycles. The van der Waals surface area contributed by atoms with Gasteiger partial charge in [0.2, 0.25) is 0 Å². The second-order valence-corrected chi connectivity index (χ2v) is 5.43. The molecule has 0 bridgehead atoms. The van der Waals surface area contributed by atoms with Crippen LogP contribution in [0.15, 0.2) is 9.52 Å². The van der Waals surface area contributed by atoms with Gasteiger partial charge in [-0.2, -0.15) is 0 Å². The molecule has 0 spiro atoms. The van der Waals surface area contributed by atoms with Gasteiger partial charge in [0.15, 0.2) is 5.96 Å². The molecule has 1 saturated heterocycles. The monoisotopic (exact) mass is 294 g/mol. The Morgan fingerprint density at radius 3 is 2.67 bits per heavy atom. The van der Waals surface area contributed by atoms with E-state index < -0.39 is 0 Å². The Labute approximate surface area is 126 Å². The Morgan fingerprint density at radius 1 is 1.29 bits per heavy atom. The number of aromatic nitrogens is 1. The number of nitrogens with zero attached hydrogens (tertiary/aromatic N) is 2. The number of ether oxygens (including phenoxy) is 1. The van der Waals surface area contributed by atoms with E-state index in [1.54, 1.807) is 0 Å². The highest BCUT2D eigenvalue weighted by molar-refractivity contribution is 5.79. The molecule has 1 aromatic rings. The Kier molecular flexibility index (Phi) is 6.04. The molecule has 0 radical (unpaired) electrons. The van der Waals surface area contributed by atoms with Crippen LogP contribution in [0.2, 0.25) is 0 Å². The second-order valence-electron chi connectivity index (χ2n) is 5.43. The van der Waals surface area contributed by atoms with Crippen molar-refractivity contribution in [1.82, 2.24) is 15.8 Å². The molecule has 0 aliphatic carbocycles. The van der Waals surface area contributed by atoms with Crippen molar-refractivity contribution in [2.45, 2.75) is 40.2 Å². The molecule has 6 nitrogen and oxygen atoms in total. The first-order valence-electron chi connectivity index (χ1n) is 7.72. The van der Waals surface area contributed by atoms with Gasteiger partial charge in [-0.3, -0.25) is 0 Å². The fourth-order valence-electron chi connectivity index (χ4n) is 2.42. The molecule has 6 heteroatoms. The minimum Gasteiger partial charge on any atom is -0.381 e. The topological polar surface area (TPSA) is 71.7 Å². The van der Waals surface area contributed by atoms with Gasteiger partial charge < -0.3 is 19.9 Å². The van der Waals surface area contributed by atoms with Gasteiger partial charge in [-0.1, -0.05) is 5.16 Å². The van der Waals surface area contributed by atoms with E-state index in [0.717, 1.165) is 62.1 Å². The molecule has 1 fully saturated rings. The second kappa shape index (κ2) is 8.02. The van der Waals surface area contributed by atoms with Crippen molar-refractivity contribution >= 4 is 5.96 Å². The highest BCUT2D eigenvalue weighted by Gasteiger charge is 2.14. The van der Waals surface area contributed by atoms with E-state index >= 15 is 0 Å². The van der Waals surface area contributed by atoms with Gasteiger partial charge in [-0.25, -0.2) is 4.99 Å². The summed E-state index contributed by atoms with van der Waals surface area (Å²) in [5.41, 5.74) is 1.98. The highest BCUT2D eigenvalue weighted by atomic mass is 16.5. The zero-order valence-corrected chi connectivity index (χ0v) is 13.2. The van der Waals surface area contributed by atoms with Crippen LogP contribution in [0, 0.1) is 19.8 Å². The number of hydrogen-bond donors (Lipinski definition) is 2. The third kappa shape index (κ3) is 4.74. The number of hydrogen-bond acceptors (Lipinski definition) is 4. The summed E-state index contributed by atoms with van der Waals surface area (Å²) in [6, 6.07) is 0. The van der Waals surface area contributed by atoms with Crippen molar-refractivity contribution in [1.29, 1.82) is 0 Å². The van der Waals surface area contributed by atoms with Gasteiger partial charge in [0, 0.05) is 31.9 Å². The first kappa shape index (κ1) is 15.8. The fraction of sp³-hybridized carbons (Fsp3) is 0.733. The number of nitrogens with one attached hydrogen (secondary N) is 2. The Morgan fingerprint density at radius 2 is 2.05 bits per heavy atom. The molecule has 2 N–H and O–H groups in total. The van der Waals surface area contributed by atoms with E-state index in [2.05, 4.69) is 27.7 Å². The summed E-state index contributed by atoms with van der Waals surface area (Å²) in [5, 5.41) is 10.7. The predicted molar refractivity (Wildman–Crippen MR) is 82.3 cm³/mol. The lowest BCUT2D eigenvalue weighted by molar-refractivity contribution is 0.0675. The predicted octanol–water partition coefficient (Wildman–Crippen LogP) is 1.77. The molecule has 1 aromatic heterocycles. The molecular weight excluding hydrogens is 268 g/mol. The molecule has 0 atom stereocenters. The first-order valence-corrected chi connectivity index (χ1v) is 7.72. The van der Waals surface area contributed by atoms with Crippen molar-refractivity contribution in [3.63, 3.8) is 0 Å². The summed E-state index contributed by atoms with van der Waals surface area (Å²) in [6.45, 7) is 10.1. The van der Waals surface area contributed by atoms with Crippen LogP contribution < -0.4 is 10.6 Å². The van der Waals surface area contributed by atoms with Crippen LogP contribution >= 0.6 is 0 Å². The van der Waals surface area contributed by atoms with Crippen molar-refractivity contribution < 1.29 is 9.26 Å². The van der Waals surface area contributed by atoms with Crippen molar-refractivity contribution in [2.24, 2.45) is 10.9 Å². The summed E-state index contributed by atoms with van der Waals surface area (Å²) in [6.07, 6.45) is 2.24. The van der Waals surface area contributed by atoms with Gasteiger partial charge in [-0.05, 0) is 39.5 Å². The molecule has 118 valence electrons. The summed E-state index contributed by atoms with van der Waals surface area (Å²) < 4.78 is 10.6. The molecule has 0 unspecified atom stereocenters. The van der Waals surface area contributed by atoms with Crippen molar-refractivity contribution in [2.75, 3.05) is 26.3 Å². The maximum atomic E-state index is 5.39. The standard InChI is InChI=1S/C15H26N4O2/c1-4-16-15(17-9-13-5-7-20-8-6-13)18-10-14-11(2)19-21-12(14)3/h13H,4-10H2,1-3H3,(H2,16,17,18). The number of rotatable bonds is 5. The van der Waals surface area contributed by atoms with E-state index in [1.165, 1.54) is 0 Å². The maximum absolute atomic E-state index is 5.39. The van der Waals surface area contributed by atoms with Crippen LogP contribution in [-0.4, -0.2) is 37.4 Å². The lowest BCUT2D eigenvalue weighted by atomic mass is 10.0. The average Bonchev–Trinajstić information content (AvgIpc) is 2.82. The number of aliphatic imine (C=N–C) groups is 1. The minimum absolute atomic E-state index is 0.588. The average molecular weight is 294 g/mol. The van der Waals surface area contributed by atoms with Gasteiger partial charge in [0.05, 0.1) is 12.2 Å². The minimum atomic E-state index is 0.588. The van der Waals surface area contributed by atoms with E-state index in [9.17, 15) is 0 Å². The lowest BCUT2D eigenvalue weighted by Crippen LogP contribution is -2.40. The zero-order valence-electron chi connectivity index (χ0n) is 13.2. The smallest absolute Gasteiger partial charge is 0.191 e. The van der Waals surface area contributed by atoms with Crippen LogP contribution in [-0.2, 0) is 11.3 Å². The number of guanidine groups is 1. The molecule has 1 aliphatic rings. The van der Waals surface area contributed by atoms with Gasteiger partial charge in [0.25, 0.3) is 0 Å². The molecular formula is C15H26N4O2. The molecule has 1 aliphatic heterocycles. The summed E-state index contributed by atoms with van der Waals surface area (Å²) in [7, 11) is 0. The van der Waals surface area contributed by atoms with Gasteiger partial charge in [0.1, 0.15) is 5.76 Å². The van der Waals surface area contributed by atoms with Crippen molar-refractivity contribution in [3.8, 4) is 0 Å². The van der Waals surface area contributed by atoms with E-state index in [4.69, 9.17) is 9.26 Å². The van der Waals surface area contributed by atoms with E-state index in [-0.39, 0.29) is 0 Å². The SMILES string of the molecule is CCNC(=NCc1c(C)noc1C)NCC1CCOCC1. The van der Waals surface area contributed by atoms with E-state index in [0.29, 0.717) is 12.5 Å². The molecule has 0 saturated carbocycles. The Balaban J connectivity index is 1.89. The summed E-state index contributed by atoms with van der Waals surface area (Å²) in [4.78, 5) is 4.63. The lowest BCUT2D eigenvalue weighted by Gasteiger charge is -2.23. The highest BCUT2D eigenvalue weighted by Crippen LogP contribution is 2.14. The van der Waals surface area contributed by atoms with Gasteiger partial charge >= 0.3 is 0 Å². The Hall–Kier alpha value is -1.56. The van der Waals surface area contributed by atoms with Crippen LogP contribution in [0.1, 0.15) is 36.8 Å².